The van der Waals surface area contributed by atoms with Crippen LogP contribution >= 0.6 is 0 Å². The van der Waals surface area contributed by atoms with Gasteiger partial charge in [-0.3, -0.25) is 4.79 Å². The predicted octanol–water partition coefficient (Wildman–Crippen LogP) is 2.39. The Morgan fingerprint density at radius 2 is 1.90 bits per heavy atom. The first kappa shape index (κ1) is 20.1. The van der Waals surface area contributed by atoms with Gasteiger partial charge >= 0.3 is 5.63 Å². The first-order valence-corrected chi connectivity index (χ1v) is 8.80. The number of amides is 1. The summed E-state index contributed by atoms with van der Waals surface area (Å²) in [7, 11) is 3.07. The Morgan fingerprint density at radius 3 is 2.59 bits per heavy atom. The molecule has 0 fully saturated rings. The van der Waals surface area contributed by atoms with Gasteiger partial charge < -0.3 is 29.4 Å². The van der Waals surface area contributed by atoms with E-state index in [-0.39, 0.29) is 41.0 Å². The molecule has 0 spiro atoms. The van der Waals surface area contributed by atoms with Crippen molar-refractivity contribution in [1.29, 1.82) is 0 Å². The summed E-state index contributed by atoms with van der Waals surface area (Å²) in [5.41, 5.74) is 0.662. The summed E-state index contributed by atoms with van der Waals surface area (Å²) in [5, 5.41) is 22.7. The number of aromatic hydroxyl groups is 2. The van der Waals surface area contributed by atoms with Crippen LogP contribution in [-0.2, 0) is 17.8 Å². The SMILES string of the molecule is COc1ccc(CNC(=O)Cc2c(C)c3c(O)cc(O)cc3oc2=O)c(OC)c1. The van der Waals surface area contributed by atoms with Crippen LogP contribution in [0.3, 0.4) is 0 Å². The lowest BCUT2D eigenvalue weighted by Crippen LogP contribution is -2.27. The Balaban J connectivity index is 1.81. The molecule has 0 aliphatic carbocycles. The van der Waals surface area contributed by atoms with Crippen LogP contribution in [0.2, 0.25) is 0 Å². The lowest BCUT2D eigenvalue weighted by Gasteiger charge is -2.12. The highest BCUT2D eigenvalue weighted by Crippen LogP contribution is 2.32. The minimum absolute atomic E-state index is 0.0529. The topological polar surface area (TPSA) is 118 Å². The molecule has 8 heteroatoms. The van der Waals surface area contributed by atoms with Crippen molar-refractivity contribution in [1.82, 2.24) is 5.32 Å². The number of fused-ring (bicyclic) bond motifs is 1. The summed E-state index contributed by atoms with van der Waals surface area (Å²) in [4.78, 5) is 24.7. The van der Waals surface area contributed by atoms with Crippen molar-refractivity contribution in [3.63, 3.8) is 0 Å². The van der Waals surface area contributed by atoms with E-state index in [4.69, 9.17) is 13.9 Å². The molecule has 0 aliphatic heterocycles. The molecule has 0 saturated heterocycles. The number of carbonyl (C=O) groups excluding carboxylic acids is 1. The van der Waals surface area contributed by atoms with Crippen molar-refractivity contribution < 1.29 is 28.9 Å². The van der Waals surface area contributed by atoms with Crippen LogP contribution in [-0.4, -0.2) is 30.3 Å². The third-order valence-corrected chi connectivity index (χ3v) is 4.65. The molecule has 3 N–H and O–H groups in total. The third-order valence-electron chi connectivity index (χ3n) is 4.65. The summed E-state index contributed by atoms with van der Waals surface area (Å²) in [6, 6.07) is 7.63. The van der Waals surface area contributed by atoms with Gasteiger partial charge in [-0.1, -0.05) is 0 Å². The van der Waals surface area contributed by atoms with Gasteiger partial charge in [-0.05, 0) is 24.6 Å². The maximum absolute atomic E-state index is 12.4. The molecule has 1 amide bonds. The molecule has 29 heavy (non-hydrogen) atoms. The number of ether oxygens (including phenoxy) is 2. The number of methoxy groups -OCH3 is 2. The molecule has 3 aromatic rings. The molecule has 8 nitrogen and oxygen atoms in total. The van der Waals surface area contributed by atoms with Crippen molar-refractivity contribution >= 4 is 16.9 Å². The molecular formula is C21H21NO7. The number of phenolic OH excluding ortho intramolecular Hbond substituents is 2. The van der Waals surface area contributed by atoms with Crippen molar-refractivity contribution in [2.45, 2.75) is 19.9 Å². The number of aryl methyl sites for hydroxylation is 1. The fourth-order valence-corrected chi connectivity index (χ4v) is 3.13. The maximum Gasteiger partial charge on any atom is 0.340 e. The van der Waals surface area contributed by atoms with E-state index < -0.39 is 11.5 Å². The summed E-state index contributed by atoms with van der Waals surface area (Å²) >= 11 is 0. The highest BCUT2D eigenvalue weighted by molar-refractivity contribution is 5.90. The minimum Gasteiger partial charge on any atom is -0.508 e. The van der Waals surface area contributed by atoms with Crippen LogP contribution < -0.4 is 20.4 Å². The lowest BCUT2D eigenvalue weighted by atomic mass is 10.0. The summed E-state index contributed by atoms with van der Waals surface area (Å²) in [5.74, 6) is 0.348. The maximum atomic E-state index is 12.4. The zero-order valence-electron chi connectivity index (χ0n) is 16.2. The van der Waals surface area contributed by atoms with Crippen LogP contribution in [0.25, 0.3) is 11.0 Å². The number of benzene rings is 2. The van der Waals surface area contributed by atoms with E-state index in [2.05, 4.69) is 5.32 Å². The molecule has 1 aromatic heterocycles. The van der Waals surface area contributed by atoms with Crippen molar-refractivity contribution in [2.24, 2.45) is 0 Å². The average molecular weight is 399 g/mol. The largest absolute Gasteiger partial charge is 0.508 e. The Labute approximate surface area is 166 Å². The molecule has 0 unspecified atom stereocenters. The van der Waals surface area contributed by atoms with E-state index in [1.807, 2.05) is 0 Å². The smallest absolute Gasteiger partial charge is 0.340 e. The molecular weight excluding hydrogens is 378 g/mol. The molecule has 1 heterocycles. The van der Waals surface area contributed by atoms with Gasteiger partial charge in [0.05, 0.1) is 31.6 Å². The monoisotopic (exact) mass is 399 g/mol. The Kier molecular flexibility index (Phi) is 5.63. The molecule has 152 valence electrons. The highest BCUT2D eigenvalue weighted by atomic mass is 16.5. The molecule has 0 atom stereocenters. The average Bonchev–Trinajstić information content (AvgIpc) is 2.68. The zero-order chi connectivity index (χ0) is 21.1. The van der Waals surface area contributed by atoms with E-state index in [1.54, 1.807) is 32.2 Å². The third kappa shape index (κ3) is 4.11. The van der Waals surface area contributed by atoms with Gasteiger partial charge in [-0.15, -0.1) is 0 Å². The van der Waals surface area contributed by atoms with E-state index in [9.17, 15) is 19.8 Å². The normalized spacial score (nSPS) is 10.7. The fraction of sp³-hybridized carbons (Fsp3) is 0.238. The van der Waals surface area contributed by atoms with Crippen LogP contribution in [0.15, 0.2) is 39.5 Å². The Bertz CT molecular complexity index is 1130. The van der Waals surface area contributed by atoms with E-state index in [0.717, 1.165) is 11.6 Å². The number of hydrogen-bond donors (Lipinski definition) is 3. The van der Waals surface area contributed by atoms with Gasteiger partial charge in [0.15, 0.2) is 0 Å². The van der Waals surface area contributed by atoms with Crippen LogP contribution in [0.1, 0.15) is 16.7 Å². The summed E-state index contributed by atoms with van der Waals surface area (Å²) in [6.45, 7) is 1.81. The molecule has 2 aromatic carbocycles. The lowest BCUT2D eigenvalue weighted by molar-refractivity contribution is -0.120. The highest BCUT2D eigenvalue weighted by Gasteiger charge is 2.18. The molecule has 0 bridgehead atoms. The van der Waals surface area contributed by atoms with Gasteiger partial charge in [0.2, 0.25) is 5.91 Å². The number of carbonyl (C=O) groups is 1. The van der Waals surface area contributed by atoms with E-state index in [1.165, 1.54) is 13.2 Å². The molecule has 3 rings (SSSR count). The number of nitrogens with one attached hydrogen (secondary N) is 1. The van der Waals surface area contributed by atoms with Gasteiger partial charge in [-0.2, -0.15) is 0 Å². The summed E-state index contributed by atoms with van der Waals surface area (Å²) < 4.78 is 15.6. The predicted molar refractivity (Wildman–Crippen MR) is 106 cm³/mol. The Hall–Kier alpha value is -3.68. The fourth-order valence-electron chi connectivity index (χ4n) is 3.13. The quantitative estimate of drug-likeness (QED) is 0.545. The number of rotatable bonds is 6. The van der Waals surface area contributed by atoms with Gasteiger partial charge in [0, 0.05) is 30.3 Å². The zero-order valence-corrected chi connectivity index (χ0v) is 16.2. The van der Waals surface area contributed by atoms with Crippen LogP contribution in [0, 0.1) is 6.92 Å². The first-order valence-electron chi connectivity index (χ1n) is 8.80. The van der Waals surface area contributed by atoms with E-state index in [0.29, 0.717) is 17.1 Å². The van der Waals surface area contributed by atoms with Crippen LogP contribution in [0.5, 0.6) is 23.0 Å². The van der Waals surface area contributed by atoms with Crippen molar-refractivity contribution in [2.75, 3.05) is 14.2 Å². The number of phenols is 2. The second kappa shape index (κ2) is 8.14. The molecule has 0 radical (unpaired) electrons. The second-order valence-corrected chi connectivity index (χ2v) is 6.46. The van der Waals surface area contributed by atoms with Crippen molar-refractivity contribution in [3.8, 4) is 23.0 Å². The minimum atomic E-state index is -0.697. The van der Waals surface area contributed by atoms with Gasteiger partial charge in [0.1, 0.15) is 28.6 Å². The summed E-state index contributed by atoms with van der Waals surface area (Å²) in [6.07, 6.45) is -0.219. The van der Waals surface area contributed by atoms with E-state index >= 15 is 0 Å². The standard InChI is InChI=1S/C21H21NO7/c1-11-15(21(26)29-18-7-13(23)6-16(24)20(11)18)9-19(25)22-10-12-4-5-14(27-2)8-17(12)28-3/h4-8,23-24H,9-10H2,1-3H3,(H,22,25). The Morgan fingerprint density at radius 1 is 1.14 bits per heavy atom. The molecule has 0 saturated carbocycles. The van der Waals surface area contributed by atoms with Crippen molar-refractivity contribution in [3.05, 3.63) is 57.4 Å². The number of hydrogen-bond acceptors (Lipinski definition) is 7. The van der Waals surface area contributed by atoms with Gasteiger partial charge in [-0.25, -0.2) is 4.79 Å². The second-order valence-electron chi connectivity index (χ2n) is 6.46. The van der Waals surface area contributed by atoms with Gasteiger partial charge in [0.25, 0.3) is 0 Å². The molecule has 0 aliphatic rings. The first-order chi connectivity index (χ1) is 13.8. The van der Waals surface area contributed by atoms with Crippen LogP contribution in [0.4, 0.5) is 0 Å².